The molecule has 46 heavy (non-hydrogen) atoms. The highest BCUT2D eigenvalue weighted by Gasteiger charge is 2.52. The smallest absolute Gasteiger partial charge is 0.307 e. The Morgan fingerprint density at radius 1 is 0.891 bits per heavy atom. The maximum Gasteiger partial charge on any atom is 0.307 e. The molecule has 6 rings (SSSR count). The van der Waals surface area contributed by atoms with Gasteiger partial charge in [0.25, 0.3) is 0 Å². The van der Waals surface area contributed by atoms with Crippen LogP contribution in [0.3, 0.4) is 0 Å². The van der Waals surface area contributed by atoms with Crippen molar-refractivity contribution in [3.05, 3.63) is 88.5 Å². The van der Waals surface area contributed by atoms with Gasteiger partial charge in [0.05, 0.1) is 5.92 Å². The largest absolute Gasteiger partial charge is 0.508 e. The van der Waals surface area contributed by atoms with Crippen molar-refractivity contribution in [1.82, 2.24) is 0 Å². The van der Waals surface area contributed by atoms with Crippen LogP contribution in [0, 0.1) is 23.7 Å². The Bertz CT molecular complexity index is 1380. The number of fused-ring (bicyclic) bond motifs is 1. The molecule has 0 radical (unpaired) electrons. The summed E-state index contributed by atoms with van der Waals surface area (Å²) in [5.74, 6) is 1.37. The minimum atomic E-state index is -0.617. The molecule has 0 amide bonds. The van der Waals surface area contributed by atoms with Gasteiger partial charge < -0.3 is 15.9 Å². The second-order valence-electron chi connectivity index (χ2n) is 15.2. The number of carboxylic acid groups (broad SMARTS) is 1. The molecule has 4 nitrogen and oxygen atoms in total. The number of carbonyl (C=O) groups is 1. The summed E-state index contributed by atoms with van der Waals surface area (Å²) in [6.45, 7) is 0.772. The average Bonchev–Trinajstić information content (AvgIpc) is 3.51. The molecule has 1 saturated carbocycles. The van der Waals surface area contributed by atoms with Crippen molar-refractivity contribution in [2.75, 3.05) is 6.54 Å². The van der Waals surface area contributed by atoms with E-state index in [1.807, 2.05) is 12.1 Å². The molecule has 6 atom stereocenters. The van der Waals surface area contributed by atoms with Crippen LogP contribution in [0.15, 0.2) is 66.3 Å². The highest BCUT2D eigenvalue weighted by Crippen LogP contribution is 2.56. The second-order valence-corrected chi connectivity index (χ2v) is 15.2. The van der Waals surface area contributed by atoms with Crippen LogP contribution in [-0.2, 0) is 23.1 Å². The number of rotatable bonds is 11. The molecule has 1 fully saturated rings. The molecular formula is C42H57NO3. The Morgan fingerprint density at radius 3 is 2.50 bits per heavy atom. The fourth-order valence-corrected chi connectivity index (χ4v) is 10.1. The monoisotopic (exact) mass is 623 g/mol. The van der Waals surface area contributed by atoms with Gasteiger partial charge in [-0.05, 0) is 142 Å². The van der Waals surface area contributed by atoms with E-state index in [2.05, 4.69) is 48.6 Å². The molecule has 2 aromatic rings. The average molecular weight is 624 g/mol. The van der Waals surface area contributed by atoms with E-state index in [0.29, 0.717) is 29.9 Å². The third-order valence-corrected chi connectivity index (χ3v) is 12.5. The Labute approximate surface area is 277 Å². The van der Waals surface area contributed by atoms with Crippen LogP contribution < -0.4 is 5.73 Å². The molecule has 4 N–H and O–H groups in total. The zero-order chi connectivity index (χ0) is 31.9. The first-order chi connectivity index (χ1) is 22.5. The number of nitrogens with two attached hydrogens (primary N) is 1. The number of carboxylic acids is 1. The van der Waals surface area contributed by atoms with Gasteiger partial charge in [-0.3, -0.25) is 4.79 Å². The van der Waals surface area contributed by atoms with Crippen LogP contribution in [-0.4, -0.2) is 22.7 Å². The third kappa shape index (κ3) is 7.33. The topological polar surface area (TPSA) is 83.6 Å². The number of hydrogen-bond donors (Lipinski definition) is 3. The number of hydrogen-bond acceptors (Lipinski definition) is 3. The van der Waals surface area contributed by atoms with Crippen LogP contribution >= 0.6 is 0 Å². The lowest BCUT2D eigenvalue weighted by Gasteiger charge is -2.52. The van der Waals surface area contributed by atoms with E-state index < -0.39 is 5.97 Å². The Morgan fingerprint density at radius 2 is 1.70 bits per heavy atom. The minimum Gasteiger partial charge on any atom is -0.508 e. The summed E-state index contributed by atoms with van der Waals surface area (Å²) in [4.78, 5) is 13.0. The van der Waals surface area contributed by atoms with E-state index in [1.165, 1.54) is 80.0 Å². The molecule has 248 valence electrons. The summed E-state index contributed by atoms with van der Waals surface area (Å²) in [6, 6.07) is 15.1. The van der Waals surface area contributed by atoms with E-state index in [9.17, 15) is 15.0 Å². The maximum absolute atomic E-state index is 13.0. The van der Waals surface area contributed by atoms with Crippen molar-refractivity contribution in [1.29, 1.82) is 0 Å². The molecule has 0 heterocycles. The van der Waals surface area contributed by atoms with Gasteiger partial charge in [-0.25, -0.2) is 0 Å². The van der Waals surface area contributed by atoms with E-state index in [1.54, 1.807) is 5.57 Å². The maximum atomic E-state index is 13.0. The minimum absolute atomic E-state index is 0.259. The van der Waals surface area contributed by atoms with E-state index in [4.69, 9.17) is 5.73 Å². The van der Waals surface area contributed by atoms with Gasteiger partial charge in [0.1, 0.15) is 5.75 Å². The van der Waals surface area contributed by atoms with Crippen molar-refractivity contribution in [2.45, 2.75) is 127 Å². The predicted octanol–water partition coefficient (Wildman–Crippen LogP) is 9.79. The Balaban J connectivity index is 1.22. The summed E-state index contributed by atoms with van der Waals surface area (Å²) < 4.78 is 0. The highest BCUT2D eigenvalue weighted by atomic mass is 16.4. The van der Waals surface area contributed by atoms with E-state index >= 15 is 0 Å². The molecule has 1 spiro atoms. The van der Waals surface area contributed by atoms with Gasteiger partial charge >= 0.3 is 5.97 Å². The van der Waals surface area contributed by atoms with Crippen LogP contribution in [0.2, 0.25) is 0 Å². The molecule has 0 saturated heterocycles. The summed E-state index contributed by atoms with van der Waals surface area (Å²) in [6.07, 6.45) is 27.5. The number of allylic oxidation sites excluding steroid dienone is 3. The Kier molecular flexibility index (Phi) is 11.0. The fourth-order valence-electron chi connectivity index (χ4n) is 10.1. The second kappa shape index (κ2) is 15.4. The molecule has 2 aromatic carbocycles. The molecule has 0 aromatic heterocycles. The molecule has 0 aliphatic heterocycles. The van der Waals surface area contributed by atoms with Crippen molar-refractivity contribution in [3.8, 4) is 5.75 Å². The van der Waals surface area contributed by atoms with Gasteiger partial charge in [-0.1, -0.05) is 92.7 Å². The SMILES string of the molecule is NCCC1=C[C@@H](CCCCCC[C@H]2C/C=C/C[C@@H](C(=O)O)[C@]34CCCC[C@@H]3CCc3ccc(cc34)C[C@@H]2c2ccc(O)cc2)CC1. The van der Waals surface area contributed by atoms with Crippen molar-refractivity contribution >= 4 is 5.97 Å². The van der Waals surface area contributed by atoms with E-state index in [0.717, 1.165) is 63.8 Å². The lowest BCUT2D eigenvalue weighted by Crippen LogP contribution is -2.50. The standard InChI is InChI=1S/C42H57NO3/c43-26-24-31-15-14-30(27-31)9-3-1-2-4-10-33-11-5-6-13-39(41(45)46)42-25-8-7-12-36(42)21-18-35-17-16-32(29-40(35)42)28-38(33)34-19-22-37(44)23-20-34/h5-6,16-17,19-20,22-23,27,29-30,33,36,38-39,44H,1-4,7-15,18,21,24-26,28,43H2,(H,45,46)/b6-5+/t30-,33-,36+,38-,39-,42-/m0/s1. The van der Waals surface area contributed by atoms with Gasteiger partial charge in [0.2, 0.25) is 0 Å². The Hall–Kier alpha value is -2.85. The molecule has 4 heteroatoms. The molecular weight excluding hydrogens is 566 g/mol. The first-order valence-electron chi connectivity index (χ1n) is 18.7. The van der Waals surface area contributed by atoms with Crippen molar-refractivity contribution in [3.63, 3.8) is 0 Å². The fraction of sp³-hybridized carbons (Fsp3) is 0.595. The number of unbranched alkanes of at least 4 members (excludes halogenated alkanes) is 3. The summed E-state index contributed by atoms with van der Waals surface area (Å²) in [5.41, 5.74) is 12.5. The lowest BCUT2D eigenvalue weighted by atomic mass is 9.51. The van der Waals surface area contributed by atoms with E-state index in [-0.39, 0.29) is 11.3 Å². The molecule has 0 unspecified atom stereocenters. The van der Waals surface area contributed by atoms with Crippen LogP contribution in [0.4, 0.5) is 0 Å². The zero-order valence-corrected chi connectivity index (χ0v) is 28.0. The number of phenols is 1. The van der Waals surface area contributed by atoms with Gasteiger partial charge in [-0.2, -0.15) is 0 Å². The number of aliphatic carboxylic acids is 1. The quantitative estimate of drug-likeness (QED) is 0.172. The number of benzene rings is 2. The van der Waals surface area contributed by atoms with Crippen LogP contribution in [0.25, 0.3) is 0 Å². The van der Waals surface area contributed by atoms with Crippen molar-refractivity contribution < 1.29 is 15.0 Å². The summed E-state index contributed by atoms with van der Waals surface area (Å²) >= 11 is 0. The van der Waals surface area contributed by atoms with Gasteiger partial charge in [0.15, 0.2) is 0 Å². The highest BCUT2D eigenvalue weighted by molar-refractivity contribution is 5.73. The van der Waals surface area contributed by atoms with Crippen molar-refractivity contribution in [2.24, 2.45) is 29.4 Å². The first-order valence-corrected chi connectivity index (χ1v) is 18.7. The molecule has 2 bridgehead atoms. The predicted molar refractivity (Wildman–Crippen MR) is 188 cm³/mol. The number of phenolic OH excluding ortho intramolecular Hbond substituents is 1. The van der Waals surface area contributed by atoms with Gasteiger partial charge in [0, 0.05) is 5.41 Å². The van der Waals surface area contributed by atoms with Crippen LogP contribution in [0.5, 0.6) is 5.75 Å². The normalized spacial score (nSPS) is 30.0. The lowest BCUT2D eigenvalue weighted by molar-refractivity contribution is -0.146. The first kappa shape index (κ1) is 33.1. The number of aromatic hydroxyl groups is 1. The van der Waals surface area contributed by atoms with Crippen LogP contribution in [0.1, 0.15) is 131 Å². The van der Waals surface area contributed by atoms with Gasteiger partial charge in [-0.15, -0.1) is 0 Å². The summed E-state index contributed by atoms with van der Waals surface area (Å²) in [7, 11) is 0. The zero-order valence-electron chi connectivity index (χ0n) is 28.0. The summed E-state index contributed by atoms with van der Waals surface area (Å²) in [5, 5.41) is 20.9. The third-order valence-electron chi connectivity index (χ3n) is 12.5. The number of aryl methyl sites for hydroxylation is 1. The molecule has 4 aliphatic rings. The molecule has 4 aliphatic carbocycles.